The number of aryl methyl sites for hydroxylation is 1. The Hall–Kier alpha value is -1.85. The van der Waals surface area contributed by atoms with Crippen LogP contribution in [0.3, 0.4) is 0 Å². The second-order valence-electron chi connectivity index (χ2n) is 5.93. The van der Waals surface area contributed by atoms with Crippen LogP contribution in [0.15, 0.2) is 12.3 Å². The first-order chi connectivity index (χ1) is 10.6. The Bertz CT molecular complexity index is 504. The maximum absolute atomic E-state index is 12.4. The summed E-state index contributed by atoms with van der Waals surface area (Å²) in [6.07, 6.45) is 8.90. The van der Waals surface area contributed by atoms with Crippen molar-refractivity contribution in [3.05, 3.63) is 18.0 Å². The lowest BCUT2D eigenvalue weighted by molar-refractivity contribution is -0.141. The van der Waals surface area contributed by atoms with Gasteiger partial charge in [0, 0.05) is 12.7 Å². The molecule has 1 atom stereocenters. The van der Waals surface area contributed by atoms with E-state index in [0.717, 1.165) is 38.5 Å². The lowest BCUT2D eigenvalue weighted by Gasteiger charge is -2.26. The quantitative estimate of drug-likeness (QED) is 0.875. The first-order valence-electron chi connectivity index (χ1n) is 8.19. The molecule has 6 heteroatoms. The van der Waals surface area contributed by atoms with E-state index in [-0.39, 0.29) is 11.8 Å². The van der Waals surface area contributed by atoms with E-state index in [1.54, 1.807) is 16.9 Å². The molecule has 122 valence electrons. The number of aliphatic carboxylic acids is 1. The molecule has 0 saturated heterocycles. The Morgan fingerprint density at radius 3 is 2.55 bits per heavy atom. The van der Waals surface area contributed by atoms with Gasteiger partial charge in [0.05, 0.1) is 0 Å². The van der Waals surface area contributed by atoms with Gasteiger partial charge in [-0.25, -0.2) is 4.79 Å². The van der Waals surface area contributed by atoms with E-state index < -0.39 is 12.0 Å². The lowest BCUT2D eigenvalue weighted by Crippen LogP contribution is -2.46. The van der Waals surface area contributed by atoms with Crippen LogP contribution in [0.1, 0.15) is 62.4 Å². The Kier molecular flexibility index (Phi) is 5.98. The number of amides is 1. The van der Waals surface area contributed by atoms with Gasteiger partial charge in [0.15, 0.2) is 0 Å². The van der Waals surface area contributed by atoms with Crippen LogP contribution in [0.5, 0.6) is 0 Å². The van der Waals surface area contributed by atoms with E-state index in [1.807, 2.05) is 6.92 Å². The summed E-state index contributed by atoms with van der Waals surface area (Å²) in [6.45, 7) is 2.48. The van der Waals surface area contributed by atoms with Gasteiger partial charge in [0.2, 0.25) is 0 Å². The average molecular weight is 307 g/mol. The third-order valence-electron chi connectivity index (χ3n) is 4.42. The summed E-state index contributed by atoms with van der Waals surface area (Å²) in [5.41, 5.74) is 0.416. The maximum atomic E-state index is 12.4. The van der Waals surface area contributed by atoms with Gasteiger partial charge in [-0.15, -0.1) is 0 Å². The van der Waals surface area contributed by atoms with Crippen molar-refractivity contribution < 1.29 is 14.7 Å². The Balaban J connectivity index is 2.07. The molecule has 1 fully saturated rings. The van der Waals surface area contributed by atoms with Gasteiger partial charge in [-0.1, -0.05) is 32.1 Å². The molecule has 1 aromatic heterocycles. The van der Waals surface area contributed by atoms with Crippen LogP contribution in [-0.4, -0.2) is 32.8 Å². The summed E-state index contributed by atoms with van der Waals surface area (Å²) in [5, 5.41) is 16.3. The molecule has 2 N–H and O–H groups in total. The molecule has 1 heterocycles. The Morgan fingerprint density at radius 1 is 1.32 bits per heavy atom. The molecule has 2 rings (SSSR count). The smallest absolute Gasteiger partial charge is 0.326 e. The predicted molar refractivity (Wildman–Crippen MR) is 82.6 cm³/mol. The van der Waals surface area contributed by atoms with Crippen molar-refractivity contribution in [2.75, 3.05) is 0 Å². The highest BCUT2D eigenvalue weighted by molar-refractivity contribution is 5.95. The molecule has 1 saturated carbocycles. The van der Waals surface area contributed by atoms with Gasteiger partial charge in [-0.3, -0.25) is 9.48 Å². The van der Waals surface area contributed by atoms with Gasteiger partial charge >= 0.3 is 5.97 Å². The van der Waals surface area contributed by atoms with Crippen LogP contribution >= 0.6 is 0 Å². The standard InChI is InChI=1S/C16H25N3O3/c1-2-19-13(10-11-17-19)15(20)18-14(16(21)22)12-8-6-4-3-5-7-9-12/h10-12,14H,2-9H2,1H3,(H,18,20)(H,21,22). The van der Waals surface area contributed by atoms with Gasteiger partial charge in [-0.05, 0) is 31.7 Å². The number of nitrogens with zero attached hydrogens (tertiary/aromatic N) is 2. The first-order valence-corrected chi connectivity index (χ1v) is 8.19. The molecule has 0 aromatic carbocycles. The zero-order valence-corrected chi connectivity index (χ0v) is 13.1. The number of carboxylic acids is 1. The molecule has 1 aliphatic rings. The van der Waals surface area contributed by atoms with Crippen LogP contribution in [0, 0.1) is 5.92 Å². The number of hydrogen-bond acceptors (Lipinski definition) is 3. The minimum Gasteiger partial charge on any atom is -0.480 e. The van der Waals surface area contributed by atoms with Crippen LogP contribution < -0.4 is 5.32 Å². The Labute approximate surface area is 130 Å². The van der Waals surface area contributed by atoms with Crippen molar-refractivity contribution in [1.82, 2.24) is 15.1 Å². The molecule has 1 aliphatic carbocycles. The third kappa shape index (κ3) is 4.08. The number of rotatable bonds is 5. The van der Waals surface area contributed by atoms with Crippen LogP contribution in [-0.2, 0) is 11.3 Å². The highest BCUT2D eigenvalue weighted by Gasteiger charge is 2.30. The Morgan fingerprint density at radius 2 is 1.95 bits per heavy atom. The molecule has 1 unspecified atom stereocenters. The van der Waals surface area contributed by atoms with E-state index in [0.29, 0.717) is 12.2 Å². The zero-order chi connectivity index (χ0) is 15.9. The lowest BCUT2D eigenvalue weighted by atomic mass is 9.85. The molecular formula is C16H25N3O3. The van der Waals surface area contributed by atoms with Crippen LogP contribution in [0.25, 0.3) is 0 Å². The van der Waals surface area contributed by atoms with Crippen molar-refractivity contribution >= 4 is 11.9 Å². The molecule has 6 nitrogen and oxygen atoms in total. The van der Waals surface area contributed by atoms with E-state index in [9.17, 15) is 14.7 Å². The van der Waals surface area contributed by atoms with Crippen molar-refractivity contribution in [1.29, 1.82) is 0 Å². The van der Waals surface area contributed by atoms with E-state index in [4.69, 9.17) is 0 Å². The molecule has 0 aliphatic heterocycles. The molecule has 0 radical (unpaired) electrons. The summed E-state index contributed by atoms with van der Waals surface area (Å²) in [4.78, 5) is 24.0. The molecule has 0 spiro atoms. The summed E-state index contributed by atoms with van der Waals surface area (Å²) in [6, 6.07) is 0.807. The maximum Gasteiger partial charge on any atom is 0.326 e. The average Bonchev–Trinajstić information content (AvgIpc) is 2.93. The number of carboxylic acid groups (broad SMARTS) is 1. The number of aromatic nitrogens is 2. The predicted octanol–water partition coefficient (Wildman–Crippen LogP) is 2.45. The molecular weight excluding hydrogens is 282 g/mol. The van der Waals surface area contributed by atoms with Crippen LogP contribution in [0.2, 0.25) is 0 Å². The van der Waals surface area contributed by atoms with Crippen molar-refractivity contribution in [2.24, 2.45) is 5.92 Å². The largest absolute Gasteiger partial charge is 0.480 e. The first kappa shape index (κ1) is 16.5. The monoisotopic (exact) mass is 307 g/mol. The number of carbonyl (C=O) groups excluding carboxylic acids is 1. The minimum atomic E-state index is -0.943. The molecule has 1 aromatic rings. The minimum absolute atomic E-state index is 0.0137. The highest BCUT2D eigenvalue weighted by atomic mass is 16.4. The number of carbonyl (C=O) groups is 2. The summed E-state index contributed by atoms with van der Waals surface area (Å²) in [5.74, 6) is -1.28. The summed E-state index contributed by atoms with van der Waals surface area (Å²) in [7, 11) is 0. The van der Waals surface area contributed by atoms with Crippen LogP contribution in [0.4, 0.5) is 0 Å². The molecule has 1 amide bonds. The highest BCUT2D eigenvalue weighted by Crippen LogP contribution is 2.25. The van der Waals surface area contributed by atoms with Crippen molar-refractivity contribution in [2.45, 2.75) is 64.5 Å². The van der Waals surface area contributed by atoms with Gasteiger partial charge in [-0.2, -0.15) is 5.10 Å². The fourth-order valence-corrected chi connectivity index (χ4v) is 3.19. The normalized spacial score (nSPS) is 18.2. The summed E-state index contributed by atoms with van der Waals surface area (Å²) >= 11 is 0. The number of nitrogens with one attached hydrogen (secondary N) is 1. The van der Waals surface area contributed by atoms with Gasteiger partial charge in [0.25, 0.3) is 5.91 Å². The second-order valence-corrected chi connectivity index (χ2v) is 5.93. The van der Waals surface area contributed by atoms with Crippen molar-refractivity contribution in [3.63, 3.8) is 0 Å². The van der Waals surface area contributed by atoms with E-state index in [1.165, 1.54) is 6.42 Å². The fraction of sp³-hybridized carbons (Fsp3) is 0.688. The van der Waals surface area contributed by atoms with E-state index in [2.05, 4.69) is 10.4 Å². The van der Waals surface area contributed by atoms with Gasteiger partial charge < -0.3 is 10.4 Å². The van der Waals surface area contributed by atoms with Gasteiger partial charge in [0.1, 0.15) is 11.7 Å². The third-order valence-corrected chi connectivity index (χ3v) is 4.42. The number of hydrogen-bond donors (Lipinski definition) is 2. The zero-order valence-electron chi connectivity index (χ0n) is 13.1. The molecule has 22 heavy (non-hydrogen) atoms. The second kappa shape index (κ2) is 7.96. The van der Waals surface area contributed by atoms with Crippen molar-refractivity contribution in [3.8, 4) is 0 Å². The fourth-order valence-electron chi connectivity index (χ4n) is 3.19. The van der Waals surface area contributed by atoms with E-state index >= 15 is 0 Å². The molecule has 0 bridgehead atoms. The summed E-state index contributed by atoms with van der Waals surface area (Å²) < 4.78 is 1.58. The topological polar surface area (TPSA) is 84.2 Å². The SMILES string of the molecule is CCn1nccc1C(=O)NC(C(=O)O)C1CCCCCCC1.